The van der Waals surface area contributed by atoms with Gasteiger partial charge in [-0.1, -0.05) is 32.9 Å². The summed E-state index contributed by atoms with van der Waals surface area (Å²) in [5, 5.41) is 3.04. The highest BCUT2D eigenvalue weighted by atomic mass is 28.4. The molecule has 1 aliphatic heterocycles. The first-order valence-corrected chi connectivity index (χ1v) is 11.1. The summed E-state index contributed by atoms with van der Waals surface area (Å²) in [6, 6.07) is 0. The zero-order valence-corrected chi connectivity index (χ0v) is 15.4. The molecule has 2 aliphatic rings. The summed E-state index contributed by atoms with van der Waals surface area (Å²) in [6.45, 7) is 11.7. The normalized spacial score (nSPS) is 32.9. The predicted octanol–water partition coefficient (Wildman–Crippen LogP) is 3.05. The summed E-state index contributed by atoms with van der Waals surface area (Å²) in [7, 11) is -2.02. The first-order valence-electron chi connectivity index (χ1n) is 8.23. The van der Waals surface area contributed by atoms with Crippen molar-refractivity contribution in [2.75, 3.05) is 6.54 Å². The highest BCUT2D eigenvalue weighted by Gasteiger charge is 2.55. The van der Waals surface area contributed by atoms with Gasteiger partial charge in [0, 0.05) is 12.5 Å². The van der Waals surface area contributed by atoms with E-state index in [0.29, 0.717) is 13.0 Å². The van der Waals surface area contributed by atoms with Gasteiger partial charge < -0.3 is 14.5 Å². The van der Waals surface area contributed by atoms with Crippen LogP contribution >= 0.6 is 0 Å². The van der Waals surface area contributed by atoms with Crippen molar-refractivity contribution in [1.82, 2.24) is 5.32 Å². The lowest BCUT2D eigenvalue weighted by Crippen LogP contribution is -2.60. The van der Waals surface area contributed by atoms with Gasteiger partial charge in [-0.15, -0.1) is 0 Å². The topological polar surface area (TPSA) is 55.4 Å². The van der Waals surface area contributed by atoms with Crippen LogP contribution in [0, 0.1) is 11.3 Å². The number of amides is 1. The Balaban J connectivity index is 2.39. The number of rotatable bonds is 3. The molecule has 5 heteroatoms. The zero-order valence-electron chi connectivity index (χ0n) is 14.4. The lowest BCUT2D eigenvalue weighted by molar-refractivity contribution is -0.148. The molecule has 1 N–H and O–H groups in total. The molecule has 0 saturated carbocycles. The van der Waals surface area contributed by atoms with Gasteiger partial charge in [0.2, 0.25) is 5.91 Å². The number of carbonyl (C=O) groups is 2. The third kappa shape index (κ3) is 2.81. The molecule has 1 spiro atoms. The summed E-state index contributed by atoms with van der Waals surface area (Å²) in [5.74, 6) is -0.295. The molecule has 3 atom stereocenters. The maximum absolute atomic E-state index is 12.7. The number of nitrogens with one attached hydrogen (secondary N) is 1. The van der Waals surface area contributed by atoms with Crippen molar-refractivity contribution < 1.29 is 14.0 Å². The average Bonchev–Trinajstić information content (AvgIpc) is 2.42. The zero-order chi connectivity index (χ0) is 16.6. The maximum atomic E-state index is 12.7. The molecule has 2 rings (SSSR count). The van der Waals surface area contributed by atoms with Crippen LogP contribution in [0.3, 0.4) is 0 Å². The standard InChI is InChI=1S/C17H29NO3Si/c1-16(2,3)22(4,5)21-14-9-6-8-13(12-19)17(14)10-7-11-18-15(17)20/h6,9,12-14H,7-8,10-11H2,1-5H3,(H,18,20)/t13-,14+,17-/m0/s1. The Morgan fingerprint density at radius 2 is 2.09 bits per heavy atom. The van der Waals surface area contributed by atoms with Crippen LogP contribution in [0.25, 0.3) is 0 Å². The molecule has 4 nitrogen and oxygen atoms in total. The minimum Gasteiger partial charge on any atom is -0.409 e. The minimum absolute atomic E-state index is 0.0103. The van der Waals surface area contributed by atoms with Gasteiger partial charge in [0.25, 0.3) is 0 Å². The second kappa shape index (κ2) is 5.93. The van der Waals surface area contributed by atoms with Crippen LogP contribution in [-0.4, -0.2) is 33.2 Å². The fraction of sp³-hybridized carbons (Fsp3) is 0.765. The largest absolute Gasteiger partial charge is 0.409 e. The monoisotopic (exact) mass is 323 g/mol. The van der Waals surface area contributed by atoms with Crippen molar-refractivity contribution in [2.24, 2.45) is 11.3 Å². The quantitative estimate of drug-likeness (QED) is 0.493. The van der Waals surface area contributed by atoms with Crippen molar-refractivity contribution in [3.8, 4) is 0 Å². The molecule has 1 saturated heterocycles. The van der Waals surface area contributed by atoms with E-state index in [0.717, 1.165) is 19.1 Å². The molecule has 0 aromatic heterocycles. The summed E-state index contributed by atoms with van der Waals surface area (Å²) in [4.78, 5) is 24.3. The molecule has 124 valence electrons. The number of hydrogen-bond acceptors (Lipinski definition) is 3. The average molecular weight is 324 g/mol. The van der Waals surface area contributed by atoms with Crippen molar-refractivity contribution in [1.29, 1.82) is 0 Å². The molecule has 0 unspecified atom stereocenters. The van der Waals surface area contributed by atoms with Gasteiger partial charge in [-0.05, 0) is 37.4 Å². The van der Waals surface area contributed by atoms with Gasteiger partial charge in [0.15, 0.2) is 8.32 Å². The Kier molecular flexibility index (Phi) is 4.69. The third-order valence-corrected chi connectivity index (χ3v) is 10.2. The highest BCUT2D eigenvalue weighted by molar-refractivity contribution is 6.74. The summed E-state index contributed by atoms with van der Waals surface area (Å²) in [5.41, 5.74) is -0.718. The molecular formula is C17H29NO3Si. The van der Waals surface area contributed by atoms with Crippen LogP contribution in [0.5, 0.6) is 0 Å². The van der Waals surface area contributed by atoms with E-state index in [-0.39, 0.29) is 23.0 Å². The van der Waals surface area contributed by atoms with E-state index >= 15 is 0 Å². The van der Waals surface area contributed by atoms with E-state index in [2.05, 4.69) is 39.2 Å². The van der Waals surface area contributed by atoms with Gasteiger partial charge in [-0.3, -0.25) is 4.79 Å². The second-order valence-corrected chi connectivity index (χ2v) is 12.9. The van der Waals surface area contributed by atoms with E-state index in [9.17, 15) is 9.59 Å². The Morgan fingerprint density at radius 1 is 1.41 bits per heavy atom. The van der Waals surface area contributed by atoms with Gasteiger partial charge >= 0.3 is 0 Å². The van der Waals surface area contributed by atoms with Crippen LogP contribution in [0.4, 0.5) is 0 Å². The van der Waals surface area contributed by atoms with Crippen LogP contribution < -0.4 is 5.32 Å². The minimum atomic E-state index is -2.02. The van der Waals surface area contributed by atoms with Gasteiger partial charge in [-0.25, -0.2) is 0 Å². The van der Waals surface area contributed by atoms with Crippen molar-refractivity contribution >= 4 is 20.5 Å². The molecular weight excluding hydrogens is 294 g/mol. The van der Waals surface area contributed by atoms with Gasteiger partial charge in [0.1, 0.15) is 6.29 Å². The van der Waals surface area contributed by atoms with Crippen molar-refractivity contribution in [3.63, 3.8) is 0 Å². The van der Waals surface area contributed by atoms with E-state index in [1.807, 2.05) is 12.2 Å². The Bertz CT molecular complexity index is 481. The number of allylic oxidation sites excluding steroid dienone is 1. The predicted molar refractivity (Wildman–Crippen MR) is 90.1 cm³/mol. The van der Waals surface area contributed by atoms with Crippen molar-refractivity contribution in [2.45, 2.75) is 64.3 Å². The molecule has 1 fully saturated rings. The van der Waals surface area contributed by atoms with Gasteiger partial charge in [0.05, 0.1) is 11.5 Å². The van der Waals surface area contributed by atoms with E-state index < -0.39 is 13.7 Å². The molecule has 22 heavy (non-hydrogen) atoms. The smallest absolute Gasteiger partial charge is 0.229 e. The van der Waals surface area contributed by atoms with E-state index in [1.54, 1.807) is 0 Å². The molecule has 1 aliphatic carbocycles. The van der Waals surface area contributed by atoms with Crippen LogP contribution in [-0.2, 0) is 14.0 Å². The molecule has 1 heterocycles. The summed E-state index contributed by atoms with van der Waals surface area (Å²) < 4.78 is 6.57. The molecule has 0 aromatic rings. The Hall–Kier alpha value is -0.943. The number of hydrogen-bond donors (Lipinski definition) is 1. The summed E-state index contributed by atoms with van der Waals surface area (Å²) in [6.07, 6.45) is 6.95. The van der Waals surface area contributed by atoms with Crippen molar-refractivity contribution in [3.05, 3.63) is 12.2 Å². The fourth-order valence-electron chi connectivity index (χ4n) is 3.24. The number of carbonyl (C=O) groups excluding carboxylic acids is 2. The number of aldehydes is 1. The Morgan fingerprint density at radius 3 is 2.64 bits per heavy atom. The lowest BCUT2D eigenvalue weighted by Gasteiger charge is -2.50. The SMILES string of the molecule is CC(C)(C)[Si](C)(C)O[C@@H]1C=CC[C@@H](C=O)[C@@]12CCCNC2=O. The van der Waals surface area contributed by atoms with Gasteiger partial charge in [-0.2, -0.15) is 0 Å². The van der Waals surface area contributed by atoms with Crippen LogP contribution in [0.15, 0.2) is 12.2 Å². The molecule has 0 aromatic carbocycles. The Labute approximate surface area is 134 Å². The highest BCUT2D eigenvalue weighted by Crippen LogP contribution is 2.48. The van der Waals surface area contributed by atoms with Crippen LogP contribution in [0.1, 0.15) is 40.0 Å². The first-order chi connectivity index (χ1) is 10.1. The third-order valence-electron chi connectivity index (χ3n) is 5.74. The number of piperidine rings is 1. The van der Waals surface area contributed by atoms with Crippen LogP contribution in [0.2, 0.25) is 18.1 Å². The maximum Gasteiger partial charge on any atom is 0.229 e. The summed E-state index contributed by atoms with van der Waals surface area (Å²) >= 11 is 0. The lowest BCUT2D eigenvalue weighted by atomic mass is 9.63. The molecule has 0 radical (unpaired) electrons. The van der Waals surface area contributed by atoms with E-state index in [1.165, 1.54) is 0 Å². The molecule has 0 bridgehead atoms. The first kappa shape index (κ1) is 17.4. The molecule has 1 amide bonds. The second-order valence-electron chi connectivity index (χ2n) is 8.11. The van der Waals surface area contributed by atoms with E-state index in [4.69, 9.17) is 4.43 Å². The fourth-order valence-corrected chi connectivity index (χ4v) is 4.52.